The van der Waals surface area contributed by atoms with Gasteiger partial charge in [-0.25, -0.2) is 0 Å². The van der Waals surface area contributed by atoms with Gasteiger partial charge in [0.1, 0.15) is 11.7 Å². The monoisotopic (exact) mass is 569 g/mol. The fourth-order valence-corrected chi connectivity index (χ4v) is 5.88. The van der Waals surface area contributed by atoms with E-state index in [0.717, 1.165) is 33.4 Å². The van der Waals surface area contributed by atoms with Gasteiger partial charge in [-0.15, -0.1) is 0 Å². The molecule has 1 heterocycles. The quantitative estimate of drug-likeness (QED) is 0.134. The molecule has 1 saturated heterocycles. The third-order valence-electron chi connectivity index (χ3n) is 7.02. The van der Waals surface area contributed by atoms with Gasteiger partial charge in [0, 0.05) is 5.56 Å². The van der Waals surface area contributed by atoms with E-state index in [1.807, 2.05) is 36.4 Å². The second kappa shape index (κ2) is 10.7. The van der Waals surface area contributed by atoms with Crippen molar-refractivity contribution in [3.63, 3.8) is 0 Å². The number of hydrogen-bond donors (Lipinski definition) is 0. The molecule has 2 atom stereocenters. The Labute approximate surface area is 231 Å². The summed E-state index contributed by atoms with van der Waals surface area (Å²) in [5.74, 6) is 0. The van der Waals surface area contributed by atoms with Gasteiger partial charge in [-0.1, -0.05) is 124 Å². The third kappa shape index (κ3) is 4.99. The summed E-state index contributed by atoms with van der Waals surface area (Å²) in [6.07, 6.45) is -0.262. The SMILES string of the molecule is CC(C)(C)c1ccc(-c2cccc(C3COC(Br)O3)c2C(O[Si])(c2ccccc2)c2ccccc2)cc1. The molecule has 187 valence electrons. The molecule has 0 aromatic heterocycles. The van der Waals surface area contributed by atoms with Crippen molar-refractivity contribution < 1.29 is 13.9 Å². The van der Waals surface area contributed by atoms with Crippen molar-refractivity contribution in [3.8, 4) is 11.1 Å². The van der Waals surface area contributed by atoms with Gasteiger partial charge in [0.25, 0.3) is 0 Å². The topological polar surface area (TPSA) is 27.7 Å². The number of rotatable bonds is 6. The summed E-state index contributed by atoms with van der Waals surface area (Å²) in [7, 11) is 3.56. The molecule has 0 saturated carbocycles. The molecular weight excluding hydrogens is 540 g/mol. The summed E-state index contributed by atoms with van der Waals surface area (Å²) in [4.78, 5) is 0. The maximum Gasteiger partial charge on any atom is 0.248 e. The van der Waals surface area contributed by atoms with Crippen molar-refractivity contribution in [3.05, 3.63) is 131 Å². The Kier molecular flexibility index (Phi) is 7.53. The van der Waals surface area contributed by atoms with Crippen LogP contribution in [0.5, 0.6) is 0 Å². The molecule has 4 aromatic rings. The summed E-state index contributed by atoms with van der Waals surface area (Å²) in [5, 5.41) is -0.452. The van der Waals surface area contributed by atoms with Crippen LogP contribution in [0.1, 0.15) is 54.7 Å². The maximum absolute atomic E-state index is 6.46. The van der Waals surface area contributed by atoms with Crippen LogP contribution in [0.2, 0.25) is 0 Å². The fraction of sp³-hybridized carbons (Fsp3) is 0.250. The van der Waals surface area contributed by atoms with E-state index in [9.17, 15) is 0 Å². The zero-order valence-corrected chi connectivity index (χ0v) is 23.9. The standard InChI is InChI=1S/C32H30BrO3Si/c1-31(2,3)23-19-17-22(18-20-23)26-15-10-16-27(28-21-34-30(33)35-28)29(26)32(36-37,24-11-6-4-7-12-24)25-13-8-5-9-14-25/h4-20,28,30H,21H2,1-3H3. The molecule has 0 aliphatic carbocycles. The van der Waals surface area contributed by atoms with Gasteiger partial charge in [-0.2, -0.15) is 0 Å². The Balaban J connectivity index is 1.83. The molecule has 1 fully saturated rings. The second-order valence-electron chi connectivity index (χ2n) is 10.3. The summed E-state index contributed by atoms with van der Waals surface area (Å²) in [6.45, 7) is 7.14. The first-order valence-corrected chi connectivity index (χ1v) is 13.8. The molecule has 5 rings (SSSR count). The Bertz CT molecular complexity index is 1290. The van der Waals surface area contributed by atoms with E-state index in [4.69, 9.17) is 13.9 Å². The highest BCUT2D eigenvalue weighted by atomic mass is 79.9. The summed E-state index contributed by atoms with van der Waals surface area (Å²) in [5.41, 5.74) is 6.63. The van der Waals surface area contributed by atoms with E-state index in [1.165, 1.54) is 5.56 Å². The number of alkyl halides is 1. The number of ether oxygens (including phenoxy) is 2. The van der Waals surface area contributed by atoms with Crippen molar-refractivity contribution >= 4 is 26.4 Å². The molecule has 0 amide bonds. The van der Waals surface area contributed by atoms with Gasteiger partial charge >= 0.3 is 0 Å². The molecule has 4 aromatic carbocycles. The minimum atomic E-state index is -0.957. The number of hydrogen-bond acceptors (Lipinski definition) is 3. The highest BCUT2D eigenvalue weighted by Gasteiger charge is 2.42. The molecule has 3 radical (unpaired) electrons. The van der Waals surface area contributed by atoms with Gasteiger partial charge < -0.3 is 13.9 Å². The normalized spacial score (nSPS) is 18.2. The highest BCUT2D eigenvalue weighted by molar-refractivity contribution is 9.09. The Morgan fingerprint density at radius 2 is 1.35 bits per heavy atom. The minimum absolute atomic E-state index is 0.0691. The van der Waals surface area contributed by atoms with Gasteiger partial charge in [-0.3, -0.25) is 0 Å². The first kappa shape index (κ1) is 26.1. The van der Waals surface area contributed by atoms with Crippen molar-refractivity contribution in [2.75, 3.05) is 6.61 Å². The van der Waals surface area contributed by atoms with Crippen LogP contribution >= 0.6 is 15.9 Å². The van der Waals surface area contributed by atoms with E-state index in [1.54, 1.807) is 0 Å². The van der Waals surface area contributed by atoms with Gasteiger partial charge in [0.2, 0.25) is 15.7 Å². The molecule has 2 unspecified atom stereocenters. The smallest absolute Gasteiger partial charge is 0.248 e. The summed E-state index contributed by atoms with van der Waals surface area (Å²) >= 11 is 3.46. The average molecular weight is 571 g/mol. The molecule has 1 aliphatic heterocycles. The minimum Gasteiger partial charge on any atom is -0.401 e. The van der Waals surface area contributed by atoms with Crippen LogP contribution < -0.4 is 0 Å². The summed E-state index contributed by atoms with van der Waals surface area (Å²) in [6, 6.07) is 35.9. The molecule has 37 heavy (non-hydrogen) atoms. The van der Waals surface area contributed by atoms with Crippen LogP contribution in [-0.4, -0.2) is 22.3 Å². The maximum atomic E-state index is 6.46. The predicted molar refractivity (Wildman–Crippen MR) is 153 cm³/mol. The second-order valence-corrected chi connectivity index (χ2v) is 11.3. The average Bonchev–Trinajstić information content (AvgIpc) is 3.36. The van der Waals surface area contributed by atoms with Gasteiger partial charge in [-0.05, 0) is 54.7 Å². The first-order chi connectivity index (χ1) is 17.8. The summed E-state index contributed by atoms with van der Waals surface area (Å²) < 4.78 is 18.4. The van der Waals surface area contributed by atoms with Crippen LogP contribution in [0.15, 0.2) is 103 Å². The lowest BCUT2D eigenvalue weighted by molar-refractivity contribution is 0.0190. The zero-order valence-electron chi connectivity index (χ0n) is 21.3. The molecule has 3 nitrogen and oxygen atoms in total. The van der Waals surface area contributed by atoms with Crippen molar-refractivity contribution in [1.29, 1.82) is 0 Å². The Hall–Kier alpha value is -2.54. The number of benzene rings is 4. The highest BCUT2D eigenvalue weighted by Crippen LogP contribution is 2.48. The molecule has 1 aliphatic rings. The predicted octanol–water partition coefficient (Wildman–Crippen LogP) is 7.81. The number of halogens is 1. The zero-order chi connectivity index (χ0) is 26.0. The van der Waals surface area contributed by atoms with Crippen molar-refractivity contribution in [1.82, 2.24) is 0 Å². The van der Waals surface area contributed by atoms with Crippen LogP contribution in [0.3, 0.4) is 0 Å². The van der Waals surface area contributed by atoms with Crippen molar-refractivity contribution in [2.45, 2.75) is 43.1 Å². The van der Waals surface area contributed by atoms with E-state index in [0.29, 0.717) is 6.61 Å². The van der Waals surface area contributed by atoms with Crippen LogP contribution in [0.25, 0.3) is 11.1 Å². The van der Waals surface area contributed by atoms with E-state index < -0.39 is 10.8 Å². The van der Waals surface area contributed by atoms with E-state index >= 15 is 0 Å². The van der Waals surface area contributed by atoms with Crippen molar-refractivity contribution in [2.24, 2.45) is 0 Å². The fourth-order valence-electron chi connectivity index (χ4n) is 5.13. The molecule has 0 N–H and O–H groups in total. The Morgan fingerprint density at radius 3 is 1.84 bits per heavy atom. The van der Waals surface area contributed by atoms with Crippen LogP contribution in [-0.2, 0) is 24.9 Å². The van der Waals surface area contributed by atoms with E-state index in [-0.39, 0.29) is 11.5 Å². The lowest BCUT2D eigenvalue weighted by Crippen LogP contribution is -2.34. The molecule has 0 bridgehead atoms. The largest absolute Gasteiger partial charge is 0.401 e. The van der Waals surface area contributed by atoms with Gasteiger partial charge in [0.15, 0.2) is 0 Å². The van der Waals surface area contributed by atoms with Gasteiger partial charge in [0.05, 0.1) is 6.61 Å². The third-order valence-corrected chi connectivity index (χ3v) is 7.81. The lowest BCUT2D eigenvalue weighted by Gasteiger charge is -2.38. The molecule has 5 heteroatoms. The van der Waals surface area contributed by atoms with E-state index in [2.05, 4.69) is 114 Å². The molecular formula is C32H30BrO3Si. The van der Waals surface area contributed by atoms with Crippen LogP contribution in [0, 0.1) is 0 Å². The lowest BCUT2D eigenvalue weighted by atomic mass is 9.74. The Morgan fingerprint density at radius 1 is 0.757 bits per heavy atom. The molecule has 0 spiro atoms. The van der Waals surface area contributed by atoms with Crippen LogP contribution in [0.4, 0.5) is 0 Å². The first-order valence-electron chi connectivity index (χ1n) is 12.5.